The minimum Gasteiger partial charge on any atom is -0.493 e. The molecule has 0 saturated heterocycles. The summed E-state index contributed by atoms with van der Waals surface area (Å²) in [5.41, 5.74) is 4.11. The molecule has 4 fully saturated rings. The summed E-state index contributed by atoms with van der Waals surface area (Å²) >= 11 is 0. The molecular weight excluding hydrogens is 460 g/mol. The molecule has 2 N–H and O–H groups in total. The Morgan fingerprint density at radius 1 is 1.11 bits per heavy atom. The van der Waals surface area contributed by atoms with E-state index in [4.69, 9.17) is 9.47 Å². The number of ether oxygens (including phenoxy) is 2. The van der Waals surface area contributed by atoms with Crippen molar-refractivity contribution in [1.82, 2.24) is 10.2 Å². The predicted octanol–water partition coefficient (Wildman–Crippen LogP) is 5.34. The Bertz CT molecular complexity index is 1080. The first-order valence-electron chi connectivity index (χ1n) is 14.9. The number of rotatable bonds is 7. The second-order valence-corrected chi connectivity index (χ2v) is 14.5. The van der Waals surface area contributed by atoms with Crippen molar-refractivity contribution in [3.8, 4) is 11.5 Å². The van der Waals surface area contributed by atoms with Crippen molar-refractivity contribution in [1.29, 1.82) is 0 Å². The minimum absolute atomic E-state index is 0.00861. The van der Waals surface area contributed by atoms with Gasteiger partial charge in [0.2, 0.25) is 0 Å². The third-order valence-electron chi connectivity index (χ3n) is 11.1. The zero-order valence-electron chi connectivity index (χ0n) is 23.2. The van der Waals surface area contributed by atoms with E-state index in [0.29, 0.717) is 22.8 Å². The molecule has 37 heavy (non-hydrogen) atoms. The van der Waals surface area contributed by atoms with Gasteiger partial charge < -0.3 is 19.9 Å². The van der Waals surface area contributed by atoms with Gasteiger partial charge in [0.05, 0.1) is 18.6 Å². The van der Waals surface area contributed by atoms with Crippen LogP contribution in [0.25, 0.3) is 0 Å². The Morgan fingerprint density at radius 2 is 1.92 bits per heavy atom. The molecule has 8 rings (SSSR count). The Kier molecular flexibility index (Phi) is 5.60. The summed E-state index contributed by atoms with van der Waals surface area (Å²) in [5.74, 6) is 2.68. The summed E-state index contributed by atoms with van der Waals surface area (Å²) in [6.07, 6.45) is 16.6. The molecule has 4 saturated carbocycles. The van der Waals surface area contributed by atoms with E-state index in [9.17, 15) is 5.11 Å². The van der Waals surface area contributed by atoms with Gasteiger partial charge in [-0.15, -0.1) is 0 Å². The highest BCUT2D eigenvalue weighted by molar-refractivity contribution is 5.61. The highest BCUT2D eigenvalue weighted by atomic mass is 16.5. The van der Waals surface area contributed by atoms with Gasteiger partial charge in [-0.3, -0.25) is 4.90 Å². The number of unbranched alkanes of at least 4 members (excludes halogenated alkanes) is 1. The number of benzene rings is 1. The molecule has 2 unspecified atom stereocenters. The first kappa shape index (κ1) is 24.5. The lowest BCUT2D eigenvalue weighted by atomic mass is 9.43. The highest BCUT2D eigenvalue weighted by Crippen LogP contribution is 2.66. The van der Waals surface area contributed by atoms with Crippen molar-refractivity contribution in [2.24, 2.45) is 16.7 Å². The number of nitrogens with zero attached hydrogens (tertiary/aromatic N) is 1. The maximum absolute atomic E-state index is 10.3. The van der Waals surface area contributed by atoms with E-state index in [1.807, 2.05) is 6.08 Å². The van der Waals surface area contributed by atoms with Crippen LogP contribution in [0.1, 0.15) is 89.2 Å². The molecule has 5 aliphatic carbocycles. The molecule has 4 bridgehead atoms. The third kappa shape index (κ3) is 3.98. The van der Waals surface area contributed by atoms with E-state index in [1.54, 1.807) is 7.11 Å². The molecule has 1 aromatic rings. The van der Waals surface area contributed by atoms with E-state index in [-0.39, 0.29) is 11.5 Å². The SMILES string of the molecule is COc1ccc2c3c1O[C@H]1C[C@@H](O)C=C[C@@]31CCN(CCCCNC13CC4C[C@@](C)(C1)C[C@](C)(C4)C3)C2. The molecule has 2 heterocycles. The van der Waals surface area contributed by atoms with Crippen LogP contribution in [0.4, 0.5) is 0 Å². The third-order valence-corrected chi connectivity index (χ3v) is 11.1. The van der Waals surface area contributed by atoms with Gasteiger partial charge in [-0.25, -0.2) is 0 Å². The normalized spacial score (nSPS) is 43.3. The molecule has 0 radical (unpaired) electrons. The summed E-state index contributed by atoms with van der Waals surface area (Å²) in [6, 6.07) is 4.32. The van der Waals surface area contributed by atoms with Gasteiger partial charge in [-0.1, -0.05) is 32.1 Å². The van der Waals surface area contributed by atoms with E-state index < -0.39 is 6.10 Å². The highest BCUT2D eigenvalue weighted by Gasteiger charge is 2.59. The summed E-state index contributed by atoms with van der Waals surface area (Å²) in [4.78, 5) is 2.65. The monoisotopic (exact) mass is 506 g/mol. The van der Waals surface area contributed by atoms with E-state index in [1.165, 1.54) is 62.5 Å². The van der Waals surface area contributed by atoms with Crippen LogP contribution in [-0.4, -0.2) is 54.5 Å². The largest absolute Gasteiger partial charge is 0.493 e. The molecule has 0 amide bonds. The topological polar surface area (TPSA) is 54.0 Å². The fourth-order valence-electron chi connectivity index (χ4n) is 10.6. The summed E-state index contributed by atoms with van der Waals surface area (Å²) in [7, 11) is 1.72. The van der Waals surface area contributed by atoms with Gasteiger partial charge in [0.1, 0.15) is 6.10 Å². The zero-order valence-corrected chi connectivity index (χ0v) is 23.2. The molecule has 5 nitrogen and oxygen atoms in total. The van der Waals surface area contributed by atoms with Crippen molar-refractivity contribution >= 4 is 0 Å². The Hall–Kier alpha value is -1.56. The Morgan fingerprint density at radius 3 is 2.68 bits per heavy atom. The maximum Gasteiger partial charge on any atom is 0.166 e. The van der Waals surface area contributed by atoms with Gasteiger partial charge >= 0.3 is 0 Å². The lowest BCUT2D eigenvalue weighted by molar-refractivity contribution is -0.117. The van der Waals surface area contributed by atoms with Crippen molar-refractivity contribution in [2.45, 2.75) is 108 Å². The maximum atomic E-state index is 10.3. The number of aliphatic hydroxyl groups is 1. The Balaban J connectivity index is 0.999. The van der Waals surface area contributed by atoms with Gasteiger partial charge in [-0.2, -0.15) is 0 Å². The van der Waals surface area contributed by atoms with Crippen molar-refractivity contribution in [2.75, 3.05) is 26.7 Å². The van der Waals surface area contributed by atoms with Crippen LogP contribution in [0.2, 0.25) is 0 Å². The summed E-state index contributed by atoms with van der Waals surface area (Å²) in [6.45, 7) is 9.48. The number of hydrogen-bond acceptors (Lipinski definition) is 5. The number of hydrogen-bond donors (Lipinski definition) is 2. The van der Waals surface area contributed by atoms with Crippen LogP contribution in [0, 0.1) is 16.7 Å². The lowest BCUT2D eigenvalue weighted by Gasteiger charge is -2.65. The Labute approximate surface area is 223 Å². The number of aliphatic hydroxyl groups excluding tert-OH is 1. The molecule has 2 aliphatic heterocycles. The molecule has 202 valence electrons. The smallest absolute Gasteiger partial charge is 0.166 e. The van der Waals surface area contributed by atoms with E-state index in [0.717, 1.165) is 50.0 Å². The molecule has 5 heteroatoms. The molecule has 1 aromatic carbocycles. The average Bonchev–Trinajstić information content (AvgIpc) is 3.05. The fraction of sp³-hybridized carbons (Fsp3) is 0.750. The molecule has 7 atom stereocenters. The van der Waals surface area contributed by atoms with Crippen LogP contribution in [0.3, 0.4) is 0 Å². The van der Waals surface area contributed by atoms with Crippen molar-refractivity contribution in [3.05, 3.63) is 35.4 Å². The van der Waals surface area contributed by atoms with Crippen LogP contribution in [-0.2, 0) is 12.0 Å². The summed E-state index contributed by atoms with van der Waals surface area (Å²) in [5, 5.41) is 14.5. The number of methoxy groups -OCH3 is 1. The lowest BCUT2D eigenvalue weighted by Crippen LogP contribution is -2.64. The van der Waals surface area contributed by atoms with Crippen LogP contribution in [0.15, 0.2) is 24.3 Å². The molecule has 1 spiro atoms. The van der Waals surface area contributed by atoms with Gasteiger partial charge in [0, 0.05) is 24.1 Å². The van der Waals surface area contributed by atoms with Gasteiger partial charge in [-0.05, 0) is 106 Å². The van der Waals surface area contributed by atoms with Crippen molar-refractivity contribution in [3.63, 3.8) is 0 Å². The summed E-state index contributed by atoms with van der Waals surface area (Å²) < 4.78 is 12.2. The van der Waals surface area contributed by atoms with Crippen molar-refractivity contribution < 1.29 is 14.6 Å². The second-order valence-electron chi connectivity index (χ2n) is 14.5. The average molecular weight is 507 g/mol. The second kappa shape index (κ2) is 8.47. The van der Waals surface area contributed by atoms with E-state index in [2.05, 4.69) is 42.3 Å². The molecule has 7 aliphatic rings. The van der Waals surface area contributed by atoms with Crippen LogP contribution in [0.5, 0.6) is 11.5 Å². The fourth-order valence-corrected chi connectivity index (χ4v) is 10.6. The van der Waals surface area contributed by atoms with Gasteiger partial charge in [0.25, 0.3) is 0 Å². The standard InChI is InChI=1S/C32H46N2O3/c1-29-15-22-16-30(2,19-29)21-31(17-22,20-29)33-11-4-5-12-34-13-10-32-9-8-24(35)14-26(32)37-28-25(36-3)7-6-23(18-34)27(28)32/h6-9,22,24,26,33,35H,4-5,10-21H2,1-3H3/t22?,24-,26-,29-,30+,31?,32-/m0/s1. The van der Waals surface area contributed by atoms with E-state index >= 15 is 0 Å². The first-order chi connectivity index (χ1) is 17.7. The molecule has 0 aromatic heterocycles. The quantitative estimate of drug-likeness (QED) is 0.386. The molecular formula is C32H46N2O3. The zero-order chi connectivity index (χ0) is 25.5. The van der Waals surface area contributed by atoms with Gasteiger partial charge in [0.15, 0.2) is 11.5 Å². The minimum atomic E-state index is -0.426. The van der Waals surface area contributed by atoms with Crippen LogP contribution >= 0.6 is 0 Å². The first-order valence-corrected chi connectivity index (χ1v) is 14.9. The predicted molar refractivity (Wildman–Crippen MR) is 146 cm³/mol. The number of nitrogens with one attached hydrogen (secondary N) is 1. The van der Waals surface area contributed by atoms with Crippen LogP contribution < -0.4 is 14.8 Å².